The quantitative estimate of drug-likeness (QED) is 0.785. The molecule has 0 spiro atoms. The van der Waals surface area contributed by atoms with Gasteiger partial charge in [-0.3, -0.25) is 4.79 Å². The van der Waals surface area contributed by atoms with Gasteiger partial charge in [0, 0.05) is 18.7 Å². The van der Waals surface area contributed by atoms with Gasteiger partial charge in [0.15, 0.2) is 0 Å². The smallest absolute Gasteiger partial charge is 0.318 e. The van der Waals surface area contributed by atoms with Crippen LogP contribution in [0.4, 0.5) is 13.6 Å². The molecule has 1 heterocycles. The Bertz CT molecular complexity index is 733. The van der Waals surface area contributed by atoms with Crippen LogP contribution >= 0.6 is 11.6 Å². The van der Waals surface area contributed by atoms with Gasteiger partial charge in [0.25, 0.3) is 0 Å². The van der Waals surface area contributed by atoms with Crippen LogP contribution in [0.15, 0.2) is 12.1 Å². The number of piperazine rings is 1. The van der Waals surface area contributed by atoms with E-state index in [1.807, 2.05) is 0 Å². The second-order valence-electron chi connectivity index (χ2n) is 7.80. The number of nitrogens with zero attached hydrogens (tertiary/aromatic N) is 1. The lowest BCUT2D eigenvalue weighted by Crippen LogP contribution is -2.54. The maximum atomic E-state index is 14.6. The summed E-state index contributed by atoms with van der Waals surface area (Å²) in [6.07, 6.45) is 1.60. The molecule has 1 aromatic rings. The number of hydrogen-bond donors (Lipinski definition) is 2. The van der Waals surface area contributed by atoms with Crippen molar-refractivity contribution < 1.29 is 18.4 Å². The van der Waals surface area contributed by atoms with Crippen molar-refractivity contribution in [2.45, 2.75) is 32.7 Å². The number of urea groups is 1. The molecule has 0 radical (unpaired) electrons. The number of rotatable bonds is 3. The van der Waals surface area contributed by atoms with E-state index < -0.39 is 28.7 Å². The third kappa shape index (κ3) is 3.77. The summed E-state index contributed by atoms with van der Waals surface area (Å²) in [5.41, 5.74) is 0.283. The van der Waals surface area contributed by atoms with E-state index in [0.717, 1.165) is 18.9 Å². The van der Waals surface area contributed by atoms with E-state index in [0.29, 0.717) is 13.1 Å². The Morgan fingerprint density at radius 1 is 1.38 bits per heavy atom. The summed E-state index contributed by atoms with van der Waals surface area (Å²) in [4.78, 5) is 25.5. The molecule has 2 aliphatic rings. The Morgan fingerprint density at radius 2 is 2.08 bits per heavy atom. The van der Waals surface area contributed by atoms with Crippen LogP contribution in [0.3, 0.4) is 0 Å². The summed E-state index contributed by atoms with van der Waals surface area (Å²) in [5.74, 6) is -1.90. The van der Waals surface area contributed by atoms with Gasteiger partial charge < -0.3 is 15.5 Å². The Hall–Kier alpha value is -1.89. The van der Waals surface area contributed by atoms with Crippen molar-refractivity contribution in [3.05, 3.63) is 34.4 Å². The first-order valence-electron chi connectivity index (χ1n) is 8.63. The molecule has 0 unspecified atom stereocenters. The van der Waals surface area contributed by atoms with Gasteiger partial charge in [0.1, 0.15) is 23.2 Å². The van der Waals surface area contributed by atoms with Gasteiger partial charge in [0.05, 0.1) is 6.04 Å². The lowest BCUT2D eigenvalue weighted by molar-refractivity contribution is -0.123. The minimum Gasteiger partial charge on any atom is -0.353 e. The highest BCUT2D eigenvalue weighted by Crippen LogP contribution is 2.50. The first-order valence-corrected chi connectivity index (χ1v) is 9.01. The Labute approximate surface area is 156 Å². The fraction of sp³-hybridized carbons (Fsp3) is 0.556. The van der Waals surface area contributed by atoms with Crippen LogP contribution in [-0.4, -0.2) is 36.5 Å². The van der Waals surface area contributed by atoms with Crippen molar-refractivity contribution in [2.75, 3.05) is 19.6 Å². The molecule has 1 atom stereocenters. The molecule has 3 amide bonds. The zero-order valence-corrected chi connectivity index (χ0v) is 15.5. The fourth-order valence-corrected chi connectivity index (χ4v) is 4.03. The van der Waals surface area contributed by atoms with Crippen LogP contribution in [0.25, 0.3) is 0 Å². The van der Waals surface area contributed by atoms with Crippen LogP contribution in [0.5, 0.6) is 0 Å². The van der Waals surface area contributed by atoms with E-state index in [2.05, 4.69) is 24.5 Å². The molecule has 3 rings (SSSR count). The largest absolute Gasteiger partial charge is 0.353 e. The lowest BCUT2D eigenvalue weighted by atomic mass is 9.61. The second kappa shape index (κ2) is 7.02. The Balaban J connectivity index is 1.84. The predicted molar refractivity (Wildman–Crippen MR) is 93.7 cm³/mol. The third-order valence-electron chi connectivity index (χ3n) is 5.11. The molecule has 1 saturated carbocycles. The first kappa shape index (κ1) is 18.9. The summed E-state index contributed by atoms with van der Waals surface area (Å²) >= 11 is 5.73. The summed E-state index contributed by atoms with van der Waals surface area (Å²) in [6.45, 7) is 4.93. The van der Waals surface area contributed by atoms with E-state index in [1.54, 1.807) is 0 Å². The molecule has 1 aliphatic heterocycles. The molecule has 2 N–H and O–H groups in total. The number of benzene rings is 1. The molecule has 0 aromatic heterocycles. The molecule has 0 bridgehead atoms. The number of carbonyl (C=O) groups excluding carboxylic acids is 2. The van der Waals surface area contributed by atoms with Crippen molar-refractivity contribution in [3.8, 4) is 0 Å². The molecular formula is C18H22ClF2N3O2. The van der Waals surface area contributed by atoms with Gasteiger partial charge in [-0.15, -0.1) is 0 Å². The molecule has 2 fully saturated rings. The highest BCUT2D eigenvalue weighted by molar-refractivity contribution is 6.31. The van der Waals surface area contributed by atoms with E-state index in [4.69, 9.17) is 11.6 Å². The van der Waals surface area contributed by atoms with E-state index in [9.17, 15) is 18.4 Å². The SMILES string of the molecule is CC1(C)CC([C@H](NC(=O)N2CCNC(=O)C2)c2ccc(F)c(Cl)c2F)C1. The zero-order chi connectivity index (χ0) is 19.1. The molecule has 5 nitrogen and oxygen atoms in total. The molecule has 1 aromatic carbocycles. The van der Waals surface area contributed by atoms with Gasteiger partial charge in [-0.2, -0.15) is 0 Å². The Kier molecular flexibility index (Phi) is 5.10. The number of hydrogen-bond acceptors (Lipinski definition) is 2. The van der Waals surface area contributed by atoms with Gasteiger partial charge in [-0.1, -0.05) is 31.5 Å². The van der Waals surface area contributed by atoms with Crippen molar-refractivity contribution >= 4 is 23.5 Å². The second-order valence-corrected chi connectivity index (χ2v) is 8.17. The topological polar surface area (TPSA) is 61.4 Å². The maximum absolute atomic E-state index is 14.6. The van der Waals surface area contributed by atoms with Gasteiger partial charge >= 0.3 is 6.03 Å². The van der Waals surface area contributed by atoms with E-state index in [1.165, 1.54) is 11.0 Å². The monoisotopic (exact) mass is 385 g/mol. The van der Waals surface area contributed by atoms with Crippen LogP contribution in [0.2, 0.25) is 5.02 Å². The lowest BCUT2D eigenvalue weighted by Gasteiger charge is -2.47. The summed E-state index contributed by atoms with van der Waals surface area (Å²) < 4.78 is 28.1. The summed E-state index contributed by atoms with van der Waals surface area (Å²) in [5, 5.41) is 4.92. The Morgan fingerprint density at radius 3 is 2.69 bits per heavy atom. The molecule has 26 heavy (non-hydrogen) atoms. The molecule has 142 valence electrons. The predicted octanol–water partition coefficient (Wildman–Crippen LogP) is 3.24. The third-order valence-corrected chi connectivity index (χ3v) is 5.45. The molecule has 1 aliphatic carbocycles. The van der Waals surface area contributed by atoms with Crippen LogP contribution in [0, 0.1) is 23.0 Å². The minimum absolute atomic E-state index is 0.0172. The standard InChI is InChI=1S/C18H22ClF2N3O2/c1-18(2)7-10(8-18)16(11-3-4-12(20)14(19)15(11)21)23-17(26)24-6-5-22-13(25)9-24/h3-4,10,16H,5-9H2,1-2H3,(H,22,25)(H,23,26)/t16-/m0/s1. The highest BCUT2D eigenvalue weighted by atomic mass is 35.5. The van der Waals surface area contributed by atoms with Crippen molar-refractivity contribution in [2.24, 2.45) is 11.3 Å². The van der Waals surface area contributed by atoms with Crippen molar-refractivity contribution in [3.63, 3.8) is 0 Å². The fourth-order valence-electron chi connectivity index (χ4n) is 3.86. The number of halogens is 3. The van der Waals surface area contributed by atoms with Gasteiger partial charge in [-0.05, 0) is 30.2 Å². The van der Waals surface area contributed by atoms with Crippen LogP contribution in [0.1, 0.15) is 38.3 Å². The van der Waals surface area contributed by atoms with Crippen molar-refractivity contribution in [1.29, 1.82) is 0 Å². The molecule has 8 heteroatoms. The summed E-state index contributed by atoms with van der Waals surface area (Å²) in [6, 6.07) is 1.38. The highest BCUT2D eigenvalue weighted by Gasteiger charge is 2.43. The average molecular weight is 386 g/mol. The zero-order valence-electron chi connectivity index (χ0n) is 14.7. The first-order chi connectivity index (χ1) is 12.2. The number of carbonyl (C=O) groups is 2. The normalized spacial score (nSPS) is 21.0. The van der Waals surface area contributed by atoms with Crippen molar-refractivity contribution in [1.82, 2.24) is 15.5 Å². The van der Waals surface area contributed by atoms with Crippen LogP contribution < -0.4 is 10.6 Å². The number of amides is 3. The molecule has 1 saturated heterocycles. The average Bonchev–Trinajstić information content (AvgIpc) is 2.56. The molecular weight excluding hydrogens is 364 g/mol. The number of nitrogens with one attached hydrogen (secondary N) is 2. The van der Waals surface area contributed by atoms with E-state index in [-0.39, 0.29) is 29.3 Å². The van der Waals surface area contributed by atoms with Gasteiger partial charge in [0.2, 0.25) is 5.91 Å². The van der Waals surface area contributed by atoms with Crippen LogP contribution in [-0.2, 0) is 4.79 Å². The van der Waals surface area contributed by atoms with E-state index >= 15 is 0 Å². The maximum Gasteiger partial charge on any atom is 0.318 e. The minimum atomic E-state index is -0.849. The van der Waals surface area contributed by atoms with Gasteiger partial charge in [-0.25, -0.2) is 13.6 Å². The summed E-state index contributed by atoms with van der Waals surface area (Å²) in [7, 11) is 0.